The third-order valence-corrected chi connectivity index (χ3v) is 4.11. The molecule has 8 heteroatoms. The van der Waals surface area contributed by atoms with Crippen LogP contribution in [0.5, 0.6) is 0 Å². The van der Waals surface area contributed by atoms with Crippen molar-refractivity contribution in [1.82, 2.24) is 19.7 Å². The molecule has 1 aliphatic heterocycles. The molecule has 7 nitrogen and oxygen atoms in total. The van der Waals surface area contributed by atoms with Crippen molar-refractivity contribution in [3.8, 4) is 0 Å². The standard InChI is InChI=1S/C13H22N4O3.ClH/c1-4-10-14-15-11(16(10)2)8-17-7-5-6-13(17,9-20-3)12(18)19;/h4-9H2,1-3H3,(H,18,19);1H. The van der Waals surface area contributed by atoms with Gasteiger partial charge in [0, 0.05) is 20.6 Å². The summed E-state index contributed by atoms with van der Waals surface area (Å²) in [6.07, 6.45) is 2.27. The summed E-state index contributed by atoms with van der Waals surface area (Å²) >= 11 is 0. The van der Waals surface area contributed by atoms with Crippen molar-refractivity contribution in [2.45, 2.75) is 38.3 Å². The second kappa shape index (κ2) is 7.20. The van der Waals surface area contributed by atoms with Crippen molar-refractivity contribution in [2.24, 2.45) is 7.05 Å². The molecule has 2 rings (SSSR count). The summed E-state index contributed by atoms with van der Waals surface area (Å²) < 4.78 is 7.09. The number of methoxy groups -OCH3 is 1. The van der Waals surface area contributed by atoms with Crippen molar-refractivity contribution >= 4 is 18.4 Å². The summed E-state index contributed by atoms with van der Waals surface area (Å²) in [6, 6.07) is 0. The van der Waals surface area contributed by atoms with Crippen LogP contribution in [-0.4, -0.2) is 56.5 Å². The van der Waals surface area contributed by atoms with E-state index in [1.165, 1.54) is 0 Å². The average Bonchev–Trinajstić information content (AvgIpc) is 2.97. The van der Waals surface area contributed by atoms with Gasteiger partial charge in [0.2, 0.25) is 0 Å². The molecule has 0 aromatic carbocycles. The van der Waals surface area contributed by atoms with Crippen LogP contribution in [0.25, 0.3) is 0 Å². The van der Waals surface area contributed by atoms with E-state index in [0.29, 0.717) is 13.0 Å². The molecular formula is C13H23ClN4O3. The molecule has 21 heavy (non-hydrogen) atoms. The molecule has 0 bridgehead atoms. The highest BCUT2D eigenvalue weighted by atomic mass is 35.5. The highest BCUT2D eigenvalue weighted by Crippen LogP contribution is 2.31. The van der Waals surface area contributed by atoms with Crippen molar-refractivity contribution in [1.29, 1.82) is 0 Å². The van der Waals surface area contributed by atoms with Crippen LogP contribution in [0.15, 0.2) is 0 Å². The Hall–Kier alpha value is -1.18. The minimum atomic E-state index is -0.937. The number of aryl methyl sites for hydroxylation is 1. The zero-order chi connectivity index (χ0) is 14.8. The zero-order valence-corrected chi connectivity index (χ0v) is 13.5. The maximum atomic E-state index is 11.7. The van der Waals surface area contributed by atoms with Crippen LogP contribution in [0.3, 0.4) is 0 Å². The van der Waals surface area contributed by atoms with Crippen LogP contribution < -0.4 is 0 Å². The number of hydrogen-bond acceptors (Lipinski definition) is 5. The first-order valence-corrected chi connectivity index (χ1v) is 6.89. The van der Waals surface area contributed by atoms with Gasteiger partial charge in [0.1, 0.15) is 17.2 Å². The summed E-state index contributed by atoms with van der Waals surface area (Å²) in [5, 5.41) is 17.9. The fourth-order valence-corrected chi connectivity index (χ4v) is 2.89. The van der Waals surface area contributed by atoms with Crippen LogP contribution in [0, 0.1) is 0 Å². The van der Waals surface area contributed by atoms with Crippen molar-refractivity contribution in [2.75, 3.05) is 20.3 Å². The fourth-order valence-electron chi connectivity index (χ4n) is 2.89. The van der Waals surface area contributed by atoms with Crippen molar-refractivity contribution < 1.29 is 14.6 Å². The Labute approximate surface area is 130 Å². The fraction of sp³-hybridized carbons (Fsp3) is 0.769. The van der Waals surface area contributed by atoms with Crippen LogP contribution in [0.1, 0.15) is 31.4 Å². The molecule has 0 radical (unpaired) electrons. The first kappa shape index (κ1) is 17.9. The van der Waals surface area contributed by atoms with E-state index in [0.717, 1.165) is 31.0 Å². The Balaban J connectivity index is 0.00000220. The Morgan fingerprint density at radius 2 is 2.10 bits per heavy atom. The average molecular weight is 319 g/mol. The Morgan fingerprint density at radius 3 is 2.62 bits per heavy atom. The van der Waals surface area contributed by atoms with Gasteiger partial charge in [-0.2, -0.15) is 0 Å². The normalized spacial score (nSPS) is 22.2. The number of carbonyl (C=O) groups is 1. The van der Waals surface area contributed by atoms with E-state index >= 15 is 0 Å². The molecule has 1 aromatic heterocycles. The van der Waals surface area contributed by atoms with Gasteiger partial charge in [-0.15, -0.1) is 22.6 Å². The lowest BCUT2D eigenvalue weighted by molar-refractivity contribution is -0.153. The second-order valence-corrected chi connectivity index (χ2v) is 5.24. The second-order valence-electron chi connectivity index (χ2n) is 5.24. The molecule has 1 aliphatic rings. The predicted octanol–water partition coefficient (Wildman–Crippen LogP) is 0.865. The van der Waals surface area contributed by atoms with Crippen LogP contribution in [0.2, 0.25) is 0 Å². The van der Waals surface area contributed by atoms with E-state index in [4.69, 9.17) is 4.74 Å². The van der Waals surface area contributed by atoms with E-state index in [2.05, 4.69) is 10.2 Å². The molecule has 1 unspecified atom stereocenters. The highest BCUT2D eigenvalue weighted by molar-refractivity contribution is 5.85. The number of likely N-dealkylation sites (tertiary alicyclic amines) is 1. The SMILES string of the molecule is CCc1nnc(CN2CCCC2(COC)C(=O)O)n1C.Cl. The molecule has 120 valence electrons. The van der Waals surface area contributed by atoms with Gasteiger partial charge in [0.15, 0.2) is 0 Å². The van der Waals surface area contributed by atoms with Crippen molar-refractivity contribution in [3.05, 3.63) is 11.6 Å². The summed E-state index contributed by atoms with van der Waals surface area (Å²) in [5.41, 5.74) is -0.937. The molecule has 1 N–H and O–H groups in total. The molecule has 0 amide bonds. The molecule has 0 spiro atoms. The maximum Gasteiger partial charge on any atom is 0.326 e. The van der Waals surface area contributed by atoms with E-state index in [1.54, 1.807) is 7.11 Å². The summed E-state index contributed by atoms with van der Waals surface area (Å²) in [6.45, 7) is 3.44. The lowest BCUT2D eigenvalue weighted by Gasteiger charge is -2.33. The van der Waals surface area contributed by atoms with Gasteiger partial charge < -0.3 is 14.4 Å². The smallest absolute Gasteiger partial charge is 0.326 e. The number of nitrogens with zero attached hydrogens (tertiary/aromatic N) is 4. The van der Waals surface area contributed by atoms with E-state index in [1.807, 2.05) is 23.4 Å². The number of aromatic nitrogens is 3. The highest BCUT2D eigenvalue weighted by Gasteiger charge is 2.48. The number of hydrogen-bond donors (Lipinski definition) is 1. The summed E-state index contributed by atoms with van der Waals surface area (Å²) in [5.74, 6) is 0.882. The number of carboxylic acid groups (broad SMARTS) is 1. The Kier molecular flexibility index (Phi) is 6.12. The first-order chi connectivity index (χ1) is 9.55. The van der Waals surface area contributed by atoms with Gasteiger partial charge in [0.25, 0.3) is 0 Å². The monoisotopic (exact) mass is 318 g/mol. The molecule has 0 aliphatic carbocycles. The van der Waals surface area contributed by atoms with E-state index in [-0.39, 0.29) is 19.0 Å². The number of ether oxygens (including phenoxy) is 1. The van der Waals surface area contributed by atoms with Gasteiger partial charge in [-0.25, -0.2) is 0 Å². The van der Waals surface area contributed by atoms with Crippen LogP contribution in [-0.2, 0) is 29.5 Å². The molecule has 1 fully saturated rings. The third kappa shape index (κ3) is 3.20. The molecule has 0 saturated carbocycles. The minimum Gasteiger partial charge on any atom is -0.480 e. The topological polar surface area (TPSA) is 80.5 Å². The van der Waals surface area contributed by atoms with Crippen LogP contribution in [0.4, 0.5) is 0 Å². The van der Waals surface area contributed by atoms with Gasteiger partial charge in [-0.3, -0.25) is 9.69 Å². The first-order valence-electron chi connectivity index (χ1n) is 6.89. The minimum absolute atomic E-state index is 0. The van der Waals surface area contributed by atoms with Crippen molar-refractivity contribution in [3.63, 3.8) is 0 Å². The largest absolute Gasteiger partial charge is 0.480 e. The van der Waals surface area contributed by atoms with Gasteiger partial charge >= 0.3 is 5.97 Å². The molecule has 1 saturated heterocycles. The Bertz CT molecular complexity index is 494. The van der Waals surface area contributed by atoms with E-state index < -0.39 is 11.5 Å². The predicted molar refractivity (Wildman–Crippen MR) is 79.5 cm³/mol. The van der Waals surface area contributed by atoms with E-state index in [9.17, 15) is 9.90 Å². The lowest BCUT2D eigenvalue weighted by atomic mass is 9.97. The number of carboxylic acids is 1. The molecule has 1 aromatic rings. The van der Waals surface area contributed by atoms with Gasteiger partial charge in [-0.05, 0) is 19.4 Å². The number of rotatable bonds is 6. The number of aliphatic carboxylic acids is 1. The molecule has 1 atom stereocenters. The van der Waals surface area contributed by atoms with Gasteiger partial charge in [0.05, 0.1) is 13.2 Å². The summed E-state index contributed by atoms with van der Waals surface area (Å²) in [4.78, 5) is 13.6. The Morgan fingerprint density at radius 1 is 1.43 bits per heavy atom. The quantitative estimate of drug-likeness (QED) is 0.838. The molecular weight excluding hydrogens is 296 g/mol. The lowest BCUT2D eigenvalue weighted by Crippen LogP contribution is -2.53. The maximum absolute atomic E-state index is 11.7. The third-order valence-electron chi connectivity index (χ3n) is 4.11. The summed E-state index contributed by atoms with van der Waals surface area (Å²) in [7, 11) is 3.46. The number of halogens is 1. The van der Waals surface area contributed by atoms with Crippen LogP contribution >= 0.6 is 12.4 Å². The zero-order valence-electron chi connectivity index (χ0n) is 12.7. The van der Waals surface area contributed by atoms with Gasteiger partial charge in [-0.1, -0.05) is 6.92 Å². The molecule has 2 heterocycles.